The summed E-state index contributed by atoms with van der Waals surface area (Å²) in [6.45, 7) is 7.66. The Balaban J connectivity index is 2.78. The van der Waals surface area contributed by atoms with E-state index in [4.69, 9.17) is 8.92 Å². The number of piperidine rings is 1. The predicted molar refractivity (Wildman–Crippen MR) is 76.0 cm³/mol. The van der Waals surface area contributed by atoms with Crippen LogP contribution < -0.4 is 0 Å². The summed E-state index contributed by atoms with van der Waals surface area (Å²) in [5, 5.41) is 0. The minimum absolute atomic E-state index is 0.270. The molecule has 0 aromatic heterocycles. The van der Waals surface area contributed by atoms with Gasteiger partial charge in [-0.1, -0.05) is 0 Å². The molecule has 1 saturated heterocycles. The largest absolute Gasteiger partial charge is 0.444 e. The maximum absolute atomic E-state index is 12.2. The van der Waals surface area contributed by atoms with Crippen molar-refractivity contribution in [2.75, 3.05) is 12.8 Å². The first-order valence-corrected chi connectivity index (χ1v) is 8.69. The van der Waals surface area contributed by atoms with E-state index in [0.29, 0.717) is 6.54 Å². The van der Waals surface area contributed by atoms with Gasteiger partial charge in [-0.3, -0.25) is 4.18 Å². The molecule has 0 aliphatic carbocycles. The Kier molecular flexibility index (Phi) is 5.43. The Morgan fingerprint density at radius 1 is 1.30 bits per heavy atom. The highest BCUT2D eigenvalue weighted by Gasteiger charge is 2.35. The van der Waals surface area contributed by atoms with Crippen LogP contribution >= 0.6 is 0 Å². The van der Waals surface area contributed by atoms with Crippen molar-refractivity contribution in [3.05, 3.63) is 0 Å². The summed E-state index contributed by atoms with van der Waals surface area (Å²) in [6, 6.07) is -0.270. The van der Waals surface area contributed by atoms with Crippen molar-refractivity contribution in [1.82, 2.24) is 4.90 Å². The normalized spacial score (nSPS) is 22.4. The zero-order valence-electron chi connectivity index (χ0n) is 12.9. The second kappa shape index (κ2) is 6.30. The van der Waals surface area contributed by atoms with Gasteiger partial charge in [-0.05, 0) is 47.0 Å². The third-order valence-electron chi connectivity index (χ3n) is 3.05. The van der Waals surface area contributed by atoms with Crippen molar-refractivity contribution in [1.29, 1.82) is 0 Å². The molecule has 0 aromatic rings. The summed E-state index contributed by atoms with van der Waals surface area (Å²) < 4.78 is 32.8. The van der Waals surface area contributed by atoms with Gasteiger partial charge in [-0.15, -0.1) is 0 Å². The average molecular weight is 307 g/mol. The molecule has 1 aliphatic heterocycles. The van der Waals surface area contributed by atoms with Crippen LogP contribution in [0.15, 0.2) is 0 Å². The molecule has 7 heteroatoms. The minimum Gasteiger partial charge on any atom is -0.444 e. The van der Waals surface area contributed by atoms with Crippen LogP contribution in [0.5, 0.6) is 0 Å². The van der Waals surface area contributed by atoms with Crippen LogP contribution in [0.1, 0.15) is 47.0 Å². The van der Waals surface area contributed by atoms with Gasteiger partial charge in [-0.2, -0.15) is 8.42 Å². The third-order valence-corrected chi connectivity index (χ3v) is 3.70. The Labute approximate surface area is 121 Å². The van der Waals surface area contributed by atoms with E-state index in [1.54, 1.807) is 32.6 Å². The molecule has 1 heterocycles. The first kappa shape index (κ1) is 17.2. The lowest BCUT2D eigenvalue weighted by atomic mass is 9.99. The van der Waals surface area contributed by atoms with Crippen molar-refractivity contribution in [3.63, 3.8) is 0 Å². The Bertz CT molecular complexity index is 440. The molecule has 1 fully saturated rings. The number of carbonyl (C=O) groups excluding carboxylic acids is 1. The van der Waals surface area contributed by atoms with Gasteiger partial charge in [0, 0.05) is 6.54 Å². The highest BCUT2D eigenvalue weighted by molar-refractivity contribution is 7.86. The highest BCUT2D eigenvalue weighted by atomic mass is 32.2. The van der Waals surface area contributed by atoms with Crippen LogP contribution in [0.25, 0.3) is 0 Å². The van der Waals surface area contributed by atoms with Crippen molar-refractivity contribution < 1.29 is 22.1 Å². The van der Waals surface area contributed by atoms with Crippen molar-refractivity contribution in [2.24, 2.45) is 0 Å². The van der Waals surface area contributed by atoms with Crippen LogP contribution in [0, 0.1) is 0 Å². The molecule has 118 valence electrons. The third kappa shape index (κ3) is 5.66. The second-order valence-electron chi connectivity index (χ2n) is 6.24. The van der Waals surface area contributed by atoms with Crippen LogP contribution in [0.2, 0.25) is 0 Å². The van der Waals surface area contributed by atoms with Crippen molar-refractivity contribution in [2.45, 2.75) is 64.7 Å². The monoisotopic (exact) mass is 307 g/mol. The predicted octanol–water partition coefficient (Wildman–Crippen LogP) is 2.14. The van der Waals surface area contributed by atoms with Gasteiger partial charge in [0.1, 0.15) is 5.60 Å². The SMILES string of the molecule is C[C@H](OS(C)(=O)=O)[C@H]1CCCCN1C(=O)OC(C)(C)C. The lowest BCUT2D eigenvalue weighted by Crippen LogP contribution is -2.51. The number of likely N-dealkylation sites (tertiary alicyclic amines) is 1. The van der Waals surface area contributed by atoms with E-state index in [1.807, 2.05) is 0 Å². The second-order valence-corrected chi connectivity index (χ2v) is 7.84. The highest BCUT2D eigenvalue weighted by Crippen LogP contribution is 2.24. The maximum atomic E-state index is 12.2. The van der Waals surface area contributed by atoms with E-state index in [1.165, 1.54) is 0 Å². The lowest BCUT2D eigenvalue weighted by molar-refractivity contribution is -0.00719. The van der Waals surface area contributed by atoms with Crippen LogP contribution in [-0.2, 0) is 19.0 Å². The standard InChI is InChI=1S/C13H25NO5S/c1-10(19-20(5,16)17)11-8-6-7-9-14(11)12(15)18-13(2,3)4/h10-11H,6-9H2,1-5H3/t10-,11+/m0/s1. The van der Waals surface area contributed by atoms with Gasteiger partial charge in [0.15, 0.2) is 0 Å². The smallest absolute Gasteiger partial charge is 0.410 e. The Hall–Kier alpha value is -0.820. The summed E-state index contributed by atoms with van der Waals surface area (Å²) in [4.78, 5) is 13.8. The number of hydrogen-bond donors (Lipinski definition) is 0. The van der Waals surface area contributed by atoms with E-state index < -0.39 is 27.9 Å². The topological polar surface area (TPSA) is 72.9 Å². The molecule has 1 amide bonds. The molecular formula is C13H25NO5S. The first-order valence-electron chi connectivity index (χ1n) is 6.87. The Morgan fingerprint density at radius 2 is 1.90 bits per heavy atom. The number of carbonyl (C=O) groups is 1. The fraction of sp³-hybridized carbons (Fsp3) is 0.923. The van der Waals surface area contributed by atoms with E-state index >= 15 is 0 Å². The summed E-state index contributed by atoms with van der Waals surface area (Å²) in [5.41, 5.74) is -0.569. The maximum Gasteiger partial charge on any atom is 0.410 e. The minimum atomic E-state index is -3.54. The molecule has 0 spiro atoms. The molecule has 20 heavy (non-hydrogen) atoms. The fourth-order valence-corrected chi connectivity index (χ4v) is 3.01. The van der Waals surface area contributed by atoms with Crippen LogP contribution in [0.3, 0.4) is 0 Å². The lowest BCUT2D eigenvalue weighted by Gasteiger charge is -2.39. The number of nitrogens with zero attached hydrogens (tertiary/aromatic N) is 1. The molecule has 2 atom stereocenters. The molecule has 0 N–H and O–H groups in total. The Morgan fingerprint density at radius 3 is 2.40 bits per heavy atom. The average Bonchev–Trinajstić information content (AvgIpc) is 2.24. The number of amides is 1. The molecular weight excluding hydrogens is 282 g/mol. The van der Waals surface area contributed by atoms with Gasteiger partial charge < -0.3 is 9.64 Å². The van der Waals surface area contributed by atoms with E-state index in [-0.39, 0.29) is 6.04 Å². The number of rotatable bonds is 3. The van der Waals surface area contributed by atoms with E-state index in [2.05, 4.69) is 0 Å². The van der Waals surface area contributed by atoms with Gasteiger partial charge in [-0.25, -0.2) is 4.79 Å². The van der Waals surface area contributed by atoms with Gasteiger partial charge in [0.25, 0.3) is 10.1 Å². The summed E-state index contributed by atoms with van der Waals surface area (Å²) >= 11 is 0. The molecule has 0 unspecified atom stereocenters. The van der Waals surface area contributed by atoms with E-state index in [0.717, 1.165) is 25.5 Å². The first-order chi connectivity index (χ1) is 8.99. The molecule has 1 aliphatic rings. The van der Waals surface area contributed by atoms with Crippen molar-refractivity contribution >= 4 is 16.2 Å². The quantitative estimate of drug-likeness (QED) is 0.747. The molecule has 6 nitrogen and oxygen atoms in total. The van der Waals surface area contributed by atoms with Gasteiger partial charge >= 0.3 is 6.09 Å². The zero-order chi connectivity index (χ0) is 15.6. The molecule has 0 saturated carbocycles. The van der Waals surface area contributed by atoms with E-state index in [9.17, 15) is 13.2 Å². The summed E-state index contributed by atoms with van der Waals surface area (Å²) in [7, 11) is -3.54. The van der Waals surface area contributed by atoms with Gasteiger partial charge in [0.05, 0.1) is 18.4 Å². The van der Waals surface area contributed by atoms with Crippen LogP contribution in [-0.4, -0.2) is 50.0 Å². The summed E-state index contributed by atoms with van der Waals surface area (Å²) in [5.74, 6) is 0. The number of ether oxygens (including phenoxy) is 1. The number of hydrogen-bond acceptors (Lipinski definition) is 5. The molecule has 0 aromatic carbocycles. The fourth-order valence-electron chi connectivity index (χ4n) is 2.33. The van der Waals surface area contributed by atoms with Crippen molar-refractivity contribution in [3.8, 4) is 0 Å². The zero-order valence-corrected chi connectivity index (χ0v) is 13.7. The summed E-state index contributed by atoms with van der Waals surface area (Å²) in [6.07, 6.45) is 2.59. The van der Waals surface area contributed by atoms with Gasteiger partial charge in [0.2, 0.25) is 0 Å². The molecule has 0 radical (unpaired) electrons. The molecule has 1 rings (SSSR count). The van der Waals surface area contributed by atoms with Crippen LogP contribution in [0.4, 0.5) is 4.79 Å². The molecule has 0 bridgehead atoms.